The molecular weight excluding hydrogens is 360 g/mol. The van der Waals surface area contributed by atoms with Crippen LogP contribution in [-0.4, -0.2) is 27.8 Å². The highest BCUT2D eigenvalue weighted by molar-refractivity contribution is 7.13. The van der Waals surface area contributed by atoms with Crippen molar-refractivity contribution in [1.29, 1.82) is 0 Å². The minimum Gasteiger partial charge on any atom is -0.466 e. The minimum atomic E-state index is -1.39. The van der Waals surface area contributed by atoms with Gasteiger partial charge in [-0.15, -0.1) is 11.3 Å². The summed E-state index contributed by atoms with van der Waals surface area (Å²) in [6.07, 6.45) is 2.89. The molecule has 3 aromatic rings. The van der Waals surface area contributed by atoms with Gasteiger partial charge < -0.3 is 14.2 Å². The first kappa shape index (κ1) is 16.1. The van der Waals surface area contributed by atoms with Crippen molar-refractivity contribution in [2.75, 3.05) is 0 Å². The van der Waals surface area contributed by atoms with Crippen molar-refractivity contribution in [1.82, 2.24) is 20.7 Å². The number of aromatic nitrogens is 1. The van der Waals surface area contributed by atoms with E-state index in [0.29, 0.717) is 15.8 Å². The van der Waals surface area contributed by atoms with Crippen LogP contribution in [0.4, 0.5) is 4.79 Å². The van der Waals surface area contributed by atoms with Gasteiger partial charge in [-0.05, 0) is 31.2 Å². The van der Waals surface area contributed by atoms with Crippen molar-refractivity contribution in [2.45, 2.75) is 12.5 Å². The lowest BCUT2D eigenvalue weighted by molar-refractivity contribution is -0.133. The van der Waals surface area contributed by atoms with Gasteiger partial charge in [0, 0.05) is 5.38 Å². The third-order valence-electron chi connectivity index (χ3n) is 3.89. The average molecular weight is 372 g/mol. The van der Waals surface area contributed by atoms with Gasteiger partial charge in [0.05, 0.1) is 12.5 Å². The molecule has 26 heavy (non-hydrogen) atoms. The molecule has 0 spiro atoms. The van der Waals surface area contributed by atoms with Crippen molar-refractivity contribution < 1.29 is 23.2 Å². The Labute approximate surface area is 150 Å². The number of thiazole rings is 1. The molecule has 0 saturated carbocycles. The van der Waals surface area contributed by atoms with E-state index in [9.17, 15) is 14.4 Å². The van der Waals surface area contributed by atoms with Crippen molar-refractivity contribution in [3.05, 3.63) is 53.6 Å². The minimum absolute atomic E-state index is 0.0635. The van der Waals surface area contributed by atoms with E-state index in [1.165, 1.54) is 36.2 Å². The monoisotopic (exact) mass is 372 g/mol. The number of nitrogens with one attached hydrogen (secondary N) is 2. The van der Waals surface area contributed by atoms with Gasteiger partial charge in [-0.2, -0.15) is 5.01 Å². The molecule has 0 radical (unpaired) electrons. The van der Waals surface area contributed by atoms with E-state index in [2.05, 4.69) is 15.7 Å². The van der Waals surface area contributed by atoms with Gasteiger partial charge in [0.2, 0.25) is 0 Å². The average Bonchev–Trinajstić information content (AvgIpc) is 3.39. The predicted octanol–water partition coefficient (Wildman–Crippen LogP) is 2.11. The van der Waals surface area contributed by atoms with Crippen molar-refractivity contribution >= 4 is 29.2 Å². The molecule has 0 bridgehead atoms. The Morgan fingerprint density at radius 3 is 2.73 bits per heavy atom. The third-order valence-corrected chi connectivity index (χ3v) is 4.74. The number of hydrazine groups is 1. The number of furan rings is 2. The van der Waals surface area contributed by atoms with Crippen LogP contribution in [0.5, 0.6) is 0 Å². The van der Waals surface area contributed by atoms with Gasteiger partial charge in [0.25, 0.3) is 11.8 Å². The molecule has 1 aliphatic heterocycles. The molecule has 0 unspecified atom stereocenters. The number of carbonyl (C=O) groups is 3. The first-order chi connectivity index (χ1) is 12.5. The standard InChI is InChI=1S/C16H12N4O5S/c1-16(11-5-3-7-25-11)14(22)20(15(23)18-16)19-12(21)9-8-26-13(17-9)10-4-2-6-24-10/h2-8H,1H3,(H,18,23)(H,19,21)/t16-/m1/s1. The molecule has 1 aliphatic rings. The first-order valence-corrected chi connectivity index (χ1v) is 8.38. The molecule has 0 aromatic carbocycles. The van der Waals surface area contributed by atoms with E-state index in [0.717, 1.165) is 0 Å². The molecule has 0 aliphatic carbocycles. The quantitative estimate of drug-likeness (QED) is 0.677. The van der Waals surface area contributed by atoms with Crippen molar-refractivity contribution in [3.8, 4) is 10.8 Å². The maximum Gasteiger partial charge on any atom is 0.344 e. The summed E-state index contributed by atoms with van der Waals surface area (Å²) in [5, 5.41) is 5.16. The number of urea groups is 1. The second-order valence-corrected chi connectivity index (χ2v) is 6.49. The largest absolute Gasteiger partial charge is 0.466 e. The number of carbonyl (C=O) groups excluding carboxylic acids is 3. The molecule has 1 fully saturated rings. The van der Waals surface area contributed by atoms with E-state index in [-0.39, 0.29) is 11.5 Å². The zero-order valence-corrected chi connectivity index (χ0v) is 14.2. The fraction of sp³-hybridized carbons (Fsp3) is 0.125. The lowest BCUT2D eigenvalue weighted by atomic mass is 10.00. The van der Waals surface area contributed by atoms with Crippen LogP contribution in [0.1, 0.15) is 23.2 Å². The van der Waals surface area contributed by atoms with Crippen LogP contribution in [0.3, 0.4) is 0 Å². The zero-order chi connectivity index (χ0) is 18.3. The lowest BCUT2D eigenvalue weighted by Gasteiger charge is -2.18. The third kappa shape index (κ3) is 2.47. The normalized spacial score (nSPS) is 19.7. The highest BCUT2D eigenvalue weighted by Crippen LogP contribution is 2.28. The number of imide groups is 1. The summed E-state index contributed by atoms with van der Waals surface area (Å²) in [6.45, 7) is 1.50. The molecule has 1 saturated heterocycles. The first-order valence-electron chi connectivity index (χ1n) is 7.50. The molecule has 1 atom stereocenters. The van der Waals surface area contributed by atoms with E-state index >= 15 is 0 Å². The van der Waals surface area contributed by atoms with Gasteiger partial charge >= 0.3 is 6.03 Å². The SMILES string of the molecule is C[C@]1(c2ccco2)NC(=O)N(NC(=O)c2csc(-c3ccco3)n2)C1=O. The smallest absolute Gasteiger partial charge is 0.344 e. The maximum atomic E-state index is 12.6. The summed E-state index contributed by atoms with van der Waals surface area (Å²) in [4.78, 5) is 41.3. The summed E-state index contributed by atoms with van der Waals surface area (Å²) < 4.78 is 10.5. The number of nitrogens with zero attached hydrogens (tertiary/aromatic N) is 2. The fourth-order valence-corrected chi connectivity index (χ4v) is 3.29. The topological polar surface area (TPSA) is 118 Å². The predicted molar refractivity (Wildman–Crippen MR) is 88.7 cm³/mol. The summed E-state index contributed by atoms with van der Waals surface area (Å²) in [6, 6.07) is 5.84. The molecular formula is C16H12N4O5S. The Balaban J connectivity index is 1.53. The van der Waals surface area contributed by atoms with Crippen LogP contribution in [-0.2, 0) is 10.3 Å². The highest BCUT2D eigenvalue weighted by atomic mass is 32.1. The number of hydrogen-bond donors (Lipinski definition) is 2. The van der Waals surface area contributed by atoms with Gasteiger partial charge in [-0.3, -0.25) is 15.0 Å². The summed E-state index contributed by atoms with van der Waals surface area (Å²) >= 11 is 1.21. The number of rotatable bonds is 4. The Morgan fingerprint density at radius 2 is 2.04 bits per heavy atom. The van der Waals surface area contributed by atoms with Crippen LogP contribution >= 0.6 is 11.3 Å². The van der Waals surface area contributed by atoms with Crippen LogP contribution < -0.4 is 10.7 Å². The highest BCUT2D eigenvalue weighted by Gasteiger charge is 2.52. The Hall–Kier alpha value is -3.40. The van der Waals surface area contributed by atoms with Crippen LogP contribution in [0.2, 0.25) is 0 Å². The molecule has 10 heteroatoms. The van der Waals surface area contributed by atoms with Gasteiger partial charge in [0.15, 0.2) is 16.3 Å². The molecule has 9 nitrogen and oxygen atoms in total. The van der Waals surface area contributed by atoms with Crippen LogP contribution in [0.25, 0.3) is 10.8 Å². The molecule has 4 rings (SSSR count). The molecule has 2 N–H and O–H groups in total. The Kier molecular flexibility index (Phi) is 3.62. The van der Waals surface area contributed by atoms with Crippen molar-refractivity contribution in [3.63, 3.8) is 0 Å². The van der Waals surface area contributed by atoms with E-state index in [4.69, 9.17) is 8.83 Å². The Morgan fingerprint density at radius 1 is 1.27 bits per heavy atom. The van der Waals surface area contributed by atoms with Gasteiger partial charge in [-0.1, -0.05) is 0 Å². The van der Waals surface area contributed by atoms with E-state index in [1.807, 2.05) is 0 Å². The van der Waals surface area contributed by atoms with E-state index < -0.39 is 23.4 Å². The molecule has 4 amide bonds. The van der Waals surface area contributed by atoms with Gasteiger partial charge in [-0.25, -0.2) is 9.78 Å². The Bertz CT molecular complexity index is 978. The summed E-state index contributed by atoms with van der Waals surface area (Å²) in [7, 11) is 0. The number of hydrogen-bond acceptors (Lipinski definition) is 7. The molecule has 3 aromatic heterocycles. The second-order valence-electron chi connectivity index (χ2n) is 5.63. The van der Waals surface area contributed by atoms with E-state index in [1.54, 1.807) is 24.3 Å². The molecule has 4 heterocycles. The molecule has 132 valence electrons. The summed E-state index contributed by atoms with van der Waals surface area (Å²) in [5.41, 5.74) is 0.945. The van der Waals surface area contributed by atoms with Crippen LogP contribution in [0, 0.1) is 0 Å². The van der Waals surface area contributed by atoms with Crippen molar-refractivity contribution in [2.24, 2.45) is 0 Å². The zero-order valence-electron chi connectivity index (χ0n) is 13.4. The van der Waals surface area contributed by atoms with Crippen LogP contribution in [0.15, 0.2) is 51.0 Å². The van der Waals surface area contributed by atoms with Gasteiger partial charge in [0.1, 0.15) is 11.5 Å². The maximum absolute atomic E-state index is 12.6. The summed E-state index contributed by atoms with van der Waals surface area (Å²) in [5.74, 6) is -0.561. The lowest BCUT2D eigenvalue weighted by Crippen LogP contribution is -2.47. The number of amides is 4. The second kappa shape index (κ2) is 5.85. The fourth-order valence-electron chi connectivity index (χ4n) is 2.52.